The van der Waals surface area contributed by atoms with Gasteiger partial charge in [-0.15, -0.1) is 0 Å². The zero-order chi connectivity index (χ0) is 57.7. The predicted molar refractivity (Wildman–Crippen MR) is 318 cm³/mol. The summed E-state index contributed by atoms with van der Waals surface area (Å²) in [4.78, 5) is 90.8. The Kier molecular flexibility index (Phi) is 18.3. The summed E-state index contributed by atoms with van der Waals surface area (Å²) in [6, 6.07) is 16.4. The molecule has 4 N–H and O–H groups in total. The molecule has 3 atom stereocenters. The van der Waals surface area contributed by atoms with Gasteiger partial charge in [-0.25, -0.2) is 14.8 Å². The van der Waals surface area contributed by atoms with Gasteiger partial charge in [0.25, 0.3) is 5.91 Å². The molecule has 8 aliphatic rings. The van der Waals surface area contributed by atoms with E-state index in [9.17, 15) is 24.0 Å². The molecular formula is C64H87ClN10O8. The van der Waals surface area contributed by atoms with Crippen LogP contribution in [0.4, 0.5) is 10.6 Å². The fraction of sp³-hybridized carbons (Fsp3) is 0.641. The quantitative estimate of drug-likeness (QED) is 0.0650. The highest BCUT2D eigenvalue weighted by Gasteiger charge is 2.62. The van der Waals surface area contributed by atoms with Crippen LogP contribution >= 0.6 is 11.6 Å². The van der Waals surface area contributed by atoms with Crippen LogP contribution in [-0.4, -0.2) is 161 Å². The second kappa shape index (κ2) is 25.8. The molecule has 5 amide bonds. The van der Waals surface area contributed by atoms with Crippen molar-refractivity contribution in [1.82, 2.24) is 45.6 Å². The Hall–Kier alpha value is -5.82. The van der Waals surface area contributed by atoms with Crippen molar-refractivity contribution in [3.05, 3.63) is 88.8 Å². The minimum Gasteiger partial charge on any atom is -0.444 e. The fourth-order valence-corrected chi connectivity index (χ4v) is 14.5. The van der Waals surface area contributed by atoms with Crippen LogP contribution < -0.4 is 20.9 Å². The monoisotopic (exact) mass is 1160 g/mol. The van der Waals surface area contributed by atoms with Crippen LogP contribution in [0, 0.1) is 17.3 Å². The van der Waals surface area contributed by atoms with Gasteiger partial charge in [-0.2, -0.15) is 0 Å². The van der Waals surface area contributed by atoms with Crippen LogP contribution in [0.25, 0.3) is 11.0 Å². The maximum Gasteiger partial charge on any atom is 0.408 e. The van der Waals surface area contributed by atoms with Crippen LogP contribution in [0.1, 0.15) is 163 Å². The summed E-state index contributed by atoms with van der Waals surface area (Å²) in [5.74, 6) is 1.74. The van der Waals surface area contributed by atoms with E-state index in [4.69, 9.17) is 25.8 Å². The number of benzene rings is 2. The van der Waals surface area contributed by atoms with Crippen molar-refractivity contribution in [3.8, 4) is 0 Å². The molecule has 2 aromatic carbocycles. The number of nitrogens with one attached hydrogen (secondary N) is 4. The van der Waals surface area contributed by atoms with Gasteiger partial charge in [0.15, 0.2) is 0 Å². The van der Waals surface area contributed by atoms with E-state index in [-0.39, 0.29) is 47.2 Å². The minimum absolute atomic E-state index is 0.0299. The molecule has 4 aromatic rings. The number of aromatic nitrogens is 3. The number of likely N-dealkylation sites (tertiary alicyclic amines) is 3. The van der Waals surface area contributed by atoms with Crippen molar-refractivity contribution in [3.63, 3.8) is 0 Å². The molecule has 0 radical (unpaired) electrons. The SMILES string of the molecule is CC(C)(C)OC(=O)NC1(C(=O)N[C@@H](CCOCCN2CCC(OC3CCN(C(=O)[C@H](NC(=O)c4cccc(C5CCCN(C(=O)C67CC(C6)C7)C5)c4)C4CCCCC4)CC3)CC2)c2ccc(Cl)cc2)CCN(c2ncnc3[nH]ccc23)CC1. The Morgan fingerprint density at radius 2 is 1.51 bits per heavy atom. The van der Waals surface area contributed by atoms with E-state index in [1.165, 1.54) is 6.33 Å². The summed E-state index contributed by atoms with van der Waals surface area (Å²) >= 11 is 6.33. The van der Waals surface area contributed by atoms with Crippen molar-refractivity contribution in [1.29, 1.82) is 0 Å². The van der Waals surface area contributed by atoms with Crippen molar-refractivity contribution in [2.24, 2.45) is 17.3 Å². The molecule has 1 unspecified atom stereocenters. The van der Waals surface area contributed by atoms with Gasteiger partial charge in [0, 0.05) is 88.2 Å². The number of H-pyrrole nitrogens is 1. The van der Waals surface area contributed by atoms with Crippen LogP contribution in [0.2, 0.25) is 5.02 Å². The Morgan fingerprint density at radius 1 is 0.783 bits per heavy atom. The summed E-state index contributed by atoms with van der Waals surface area (Å²) in [7, 11) is 0. The zero-order valence-corrected chi connectivity index (χ0v) is 49.8. The van der Waals surface area contributed by atoms with Crippen LogP contribution in [0.5, 0.6) is 0 Å². The predicted octanol–water partition coefficient (Wildman–Crippen LogP) is 9.10. The third-order valence-corrected chi connectivity index (χ3v) is 19.5. The number of hydrogen-bond acceptors (Lipinski definition) is 12. The number of alkyl carbamates (subject to hydrolysis) is 1. The molecule has 4 aliphatic carbocycles. The first-order valence-electron chi connectivity index (χ1n) is 31.1. The van der Waals surface area contributed by atoms with Gasteiger partial charge in [0.2, 0.25) is 17.7 Å². The number of halogens is 1. The minimum atomic E-state index is -1.24. The second-order valence-corrected chi connectivity index (χ2v) is 26.6. The molecule has 4 saturated heterocycles. The fourth-order valence-electron chi connectivity index (χ4n) is 14.4. The number of rotatable bonds is 19. The van der Waals surface area contributed by atoms with E-state index in [0.717, 1.165) is 150 Å². The standard InChI is InChI=1S/C64H87ClN10O8/c1-62(2,3)83-61(80)71-64(24-32-73(33-25-64)56-52-18-26-66-55(52)67-42-68-56)59(78)69-53(44-14-16-49(65)17-15-44)23-35-81-36-34-72-28-19-50(20-29-72)82-51-21-30-74(31-22-51)58(77)54(45-9-5-4-6-10-45)70-57(76)47-12-7-11-46(37-47)48-13-8-27-75(41-48)60(79)63-38-43(39-63)40-63/h7,11-12,14-18,26,37,42-43,45,48,50-51,53-54H,4-6,8-10,13,19-25,27-36,38-41H2,1-3H3,(H,69,78)(H,70,76)(H,71,80)(H,66,67,68)/t43?,48?,53-,54+,63?/m0/s1. The third-order valence-electron chi connectivity index (χ3n) is 19.3. The molecule has 8 fully saturated rings. The van der Waals surface area contributed by atoms with Crippen LogP contribution in [0.3, 0.4) is 0 Å². The lowest BCUT2D eigenvalue weighted by atomic mass is 9.44. The van der Waals surface area contributed by atoms with Crippen molar-refractivity contribution in [2.75, 3.05) is 77.0 Å². The summed E-state index contributed by atoms with van der Waals surface area (Å²) in [5.41, 5.74) is 1.22. The van der Waals surface area contributed by atoms with Gasteiger partial charge in [0.1, 0.15) is 35.0 Å². The summed E-state index contributed by atoms with van der Waals surface area (Å²) in [5, 5.41) is 11.1. The van der Waals surface area contributed by atoms with E-state index >= 15 is 0 Å². The number of carbonyl (C=O) groups is 5. The Bertz CT molecular complexity index is 2890. The number of carbonyl (C=O) groups excluding carboxylic acids is 5. The lowest BCUT2D eigenvalue weighted by Gasteiger charge is -2.61. The number of fused-ring (bicyclic) bond motifs is 1. The first-order chi connectivity index (χ1) is 40.1. The largest absolute Gasteiger partial charge is 0.444 e. The Morgan fingerprint density at radius 3 is 2.20 bits per heavy atom. The number of hydrogen-bond donors (Lipinski definition) is 4. The molecule has 83 heavy (non-hydrogen) atoms. The van der Waals surface area contributed by atoms with Gasteiger partial charge in [-0.1, -0.05) is 55.1 Å². The van der Waals surface area contributed by atoms with E-state index in [2.05, 4.69) is 51.7 Å². The van der Waals surface area contributed by atoms with Gasteiger partial charge in [-0.3, -0.25) is 19.2 Å². The highest BCUT2D eigenvalue weighted by Crippen LogP contribution is 2.65. The first kappa shape index (κ1) is 58.9. The molecule has 2 aromatic heterocycles. The maximum atomic E-state index is 14.7. The van der Waals surface area contributed by atoms with Crippen molar-refractivity contribution < 1.29 is 38.2 Å². The number of amides is 5. The average Bonchev–Trinajstić information content (AvgIpc) is 1.65. The molecule has 448 valence electrons. The Balaban J connectivity index is 0.625. The van der Waals surface area contributed by atoms with E-state index < -0.39 is 29.3 Å². The molecule has 18 nitrogen and oxygen atoms in total. The second-order valence-electron chi connectivity index (χ2n) is 26.1. The van der Waals surface area contributed by atoms with E-state index in [1.54, 1.807) is 20.8 Å². The third kappa shape index (κ3) is 14.0. The molecular weight excluding hydrogens is 1070 g/mol. The smallest absolute Gasteiger partial charge is 0.408 e. The lowest BCUT2D eigenvalue weighted by molar-refractivity contribution is -0.178. The topological polar surface area (TPSA) is 204 Å². The van der Waals surface area contributed by atoms with Crippen LogP contribution in [-0.2, 0) is 28.6 Å². The van der Waals surface area contributed by atoms with Gasteiger partial charge in [-0.05, 0) is 164 Å². The number of aromatic amines is 1. The average molecular weight is 1160 g/mol. The van der Waals surface area contributed by atoms with Gasteiger partial charge < -0.3 is 54.7 Å². The molecule has 19 heteroatoms. The number of ether oxygens (including phenoxy) is 3. The van der Waals surface area contributed by atoms with E-state index in [0.29, 0.717) is 81.7 Å². The number of piperidine rings is 4. The summed E-state index contributed by atoms with van der Waals surface area (Å²) < 4.78 is 18.7. The Labute approximate surface area is 494 Å². The summed E-state index contributed by atoms with van der Waals surface area (Å²) in [6.45, 7) is 12.6. The van der Waals surface area contributed by atoms with Crippen molar-refractivity contribution in [2.45, 2.75) is 171 Å². The molecule has 6 heterocycles. The number of nitrogens with zero attached hydrogens (tertiary/aromatic N) is 6. The normalized spacial score (nSPS) is 24.3. The highest BCUT2D eigenvalue weighted by molar-refractivity contribution is 6.30. The maximum absolute atomic E-state index is 14.7. The zero-order valence-electron chi connectivity index (χ0n) is 49.0. The molecule has 12 rings (SSSR count). The molecule has 4 aliphatic heterocycles. The van der Waals surface area contributed by atoms with Gasteiger partial charge in [0.05, 0.1) is 35.7 Å². The molecule has 4 saturated carbocycles. The van der Waals surface area contributed by atoms with Crippen LogP contribution in [0.15, 0.2) is 67.1 Å². The summed E-state index contributed by atoms with van der Waals surface area (Å²) in [6.07, 6.45) is 17.8. The lowest BCUT2D eigenvalue weighted by Crippen LogP contribution is -2.64. The van der Waals surface area contributed by atoms with Crippen molar-refractivity contribution >= 4 is 58.2 Å². The highest BCUT2D eigenvalue weighted by atomic mass is 35.5. The first-order valence-corrected chi connectivity index (χ1v) is 31.5. The van der Waals surface area contributed by atoms with Gasteiger partial charge >= 0.3 is 6.09 Å². The molecule has 0 spiro atoms. The number of anilines is 1. The molecule has 2 bridgehead atoms. The van der Waals surface area contributed by atoms with E-state index in [1.807, 2.05) is 59.6 Å².